The van der Waals surface area contributed by atoms with Crippen molar-refractivity contribution in [2.75, 3.05) is 0 Å². The molecule has 8 nitrogen and oxygen atoms in total. The van der Waals surface area contributed by atoms with E-state index in [2.05, 4.69) is 25.7 Å². The molecule has 0 radical (unpaired) electrons. The molecule has 0 spiro atoms. The maximum Gasteiger partial charge on any atom is 0.243 e. The first-order valence-electron chi connectivity index (χ1n) is 8.96. The SMILES string of the molecule is Cc1cnc2c(C#N)c(-c3ncc(S(=O)(=O)NC(C)C)cn3)n(C3=CC=C3)c2c1. The predicted molar refractivity (Wildman–Crippen MR) is 109 cm³/mol. The lowest BCUT2D eigenvalue weighted by molar-refractivity contribution is 0.569. The van der Waals surface area contributed by atoms with E-state index in [1.54, 1.807) is 20.0 Å². The normalized spacial score (nSPS) is 13.4. The van der Waals surface area contributed by atoms with Gasteiger partial charge in [0.1, 0.15) is 27.7 Å². The van der Waals surface area contributed by atoms with E-state index in [1.807, 2.05) is 35.8 Å². The molecule has 1 N–H and O–H groups in total. The molecule has 0 unspecified atom stereocenters. The lowest BCUT2D eigenvalue weighted by Gasteiger charge is -2.15. The molecule has 0 atom stereocenters. The molecule has 1 aliphatic carbocycles. The van der Waals surface area contributed by atoms with Crippen LogP contribution in [0.25, 0.3) is 28.2 Å². The number of aryl methyl sites for hydroxylation is 1. The molecule has 146 valence electrons. The Balaban J connectivity index is 1.91. The molecule has 0 fully saturated rings. The van der Waals surface area contributed by atoms with E-state index in [4.69, 9.17) is 0 Å². The highest BCUT2D eigenvalue weighted by Crippen LogP contribution is 2.35. The molecule has 4 rings (SSSR count). The van der Waals surface area contributed by atoms with Gasteiger partial charge < -0.3 is 4.57 Å². The van der Waals surface area contributed by atoms with Crippen LogP contribution < -0.4 is 4.72 Å². The molecule has 29 heavy (non-hydrogen) atoms. The second kappa shape index (κ2) is 6.92. The van der Waals surface area contributed by atoms with Crippen LogP contribution in [0.4, 0.5) is 0 Å². The molecule has 0 amide bonds. The number of rotatable bonds is 5. The smallest absolute Gasteiger partial charge is 0.243 e. The largest absolute Gasteiger partial charge is 0.304 e. The molecule has 0 saturated heterocycles. The Kier molecular flexibility index (Phi) is 4.53. The van der Waals surface area contributed by atoms with Crippen molar-refractivity contribution >= 4 is 26.8 Å². The van der Waals surface area contributed by atoms with E-state index in [1.165, 1.54) is 12.4 Å². The van der Waals surface area contributed by atoms with Gasteiger partial charge in [-0.3, -0.25) is 4.98 Å². The van der Waals surface area contributed by atoms with Gasteiger partial charge in [0.2, 0.25) is 10.0 Å². The van der Waals surface area contributed by atoms with Crippen molar-refractivity contribution in [3.05, 3.63) is 54.0 Å². The molecule has 3 aromatic heterocycles. The third-order valence-corrected chi connectivity index (χ3v) is 6.00. The summed E-state index contributed by atoms with van der Waals surface area (Å²) in [4.78, 5) is 12.9. The van der Waals surface area contributed by atoms with Gasteiger partial charge in [0.25, 0.3) is 0 Å². The second-order valence-corrected chi connectivity index (χ2v) is 8.73. The second-order valence-electron chi connectivity index (χ2n) is 7.02. The van der Waals surface area contributed by atoms with Gasteiger partial charge in [-0.25, -0.2) is 23.1 Å². The monoisotopic (exact) mass is 406 g/mol. The maximum atomic E-state index is 12.3. The van der Waals surface area contributed by atoms with E-state index in [-0.39, 0.29) is 16.8 Å². The lowest BCUT2D eigenvalue weighted by atomic mass is 10.2. The van der Waals surface area contributed by atoms with Crippen LogP contribution in [-0.4, -0.2) is 34.0 Å². The standard InChI is InChI=1S/C20H18N6O2S/c1-12(2)25-29(27,28)15-10-23-20(24-11-15)19-16(8-21)18-17(7-13(3)9-22-18)26(19)14-5-4-6-14/h4-7,9-12,25H,1-3H3. The number of nitrogens with zero attached hydrogens (tertiary/aromatic N) is 5. The third-order valence-electron chi connectivity index (χ3n) is 4.39. The number of fused-ring (bicyclic) bond motifs is 1. The quantitative estimate of drug-likeness (QED) is 0.697. The fourth-order valence-corrected chi connectivity index (χ4v) is 4.27. The van der Waals surface area contributed by atoms with Crippen LogP contribution in [0.1, 0.15) is 25.0 Å². The molecular formula is C20H18N6O2S. The molecule has 9 heteroatoms. The number of aromatic nitrogens is 4. The number of nitriles is 1. The molecule has 0 saturated carbocycles. The fourth-order valence-electron chi connectivity index (χ4n) is 3.13. The Hall–Kier alpha value is -3.35. The first-order valence-corrected chi connectivity index (χ1v) is 10.4. The van der Waals surface area contributed by atoms with Crippen LogP contribution in [0.5, 0.6) is 0 Å². The van der Waals surface area contributed by atoms with Gasteiger partial charge in [-0.1, -0.05) is 6.08 Å². The first-order chi connectivity index (χ1) is 13.8. The minimum atomic E-state index is -3.71. The Labute approximate surface area is 168 Å². The van der Waals surface area contributed by atoms with E-state index < -0.39 is 10.0 Å². The zero-order valence-corrected chi connectivity index (χ0v) is 16.9. The molecule has 0 aromatic carbocycles. The minimum absolute atomic E-state index is 0.0344. The van der Waals surface area contributed by atoms with Gasteiger partial charge in [-0.15, -0.1) is 0 Å². The van der Waals surface area contributed by atoms with E-state index in [0.717, 1.165) is 16.8 Å². The van der Waals surface area contributed by atoms with E-state index in [9.17, 15) is 13.7 Å². The summed E-state index contributed by atoms with van der Waals surface area (Å²) >= 11 is 0. The van der Waals surface area contributed by atoms with Crippen LogP contribution in [0.2, 0.25) is 0 Å². The topological polar surface area (TPSA) is 114 Å². The summed E-state index contributed by atoms with van der Waals surface area (Å²) in [6, 6.07) is 3.90. The highest BCUT2D eigenvalue weighted by atomic mass is 32.2. The van der Waals surface area contributed by atoms with Crippen LogP contribution >= 0.6 is 0 Å². The van der Waals surface area contributed by atoms with E-state index >= 15 is 0 Å². The average molecular weight is 406 g/mol. The van der Waals surface area contributed by atoms with Gasteiger partial charge in [0.15, 0.2) is 5.82 Å². The van der Waals surface area contributed by atoms with Crippen molar-refractivity contribution < 1.29 is 8.42 Å². The van der Waals surface area contributed by atoms with Gasteiger partial charge >= 0.3 is 0 Å². The summed E-state index contributed by atoms with van der Waals surface area (Å²) in [5, 5.41) is 9.81. The molecule has 0 bridgehead atoms. The highest BCUT2D eigenvalue weighted by Gasteiger charge is 2.25. The number of pyridine rings is 1. The molecule has 1 aliphatic rings. The fraction of sp³-hybridized carbons (Fsp3) is 0.200. The molecule has 3 aromatic rings. The Morgan fingerprint density at radius 1 is 1.17 bits per heavy atom. The van der Waals surface area contributed by atoms with Crippen LogP contribution in [0.3, 0.4) is 0 Å². The molecular weight excluding hydrogens is 388 g/mol. The first kappa shape index (κ1) is 19.0. The van der Waals surface area contributed by atoms with Crippen molar-refractivity contribution in [1.29, 1.82) is 5.26 Å². The number of nitrogens with one attached hydrogen (secondary N) is 1. The van der Waals surface area contributed by atoms with Crippen molar-refractivity contribution in [2.45, 2.75) is 31.7 Å². The third kappa shape index (κ3) is 3.22. The summed E-state index contributed by atoms with van der Waals surface area (Å²) in [7, 11) is -3.71. The van der Waals surface area contributed by atoms with Gasteiger partial charge in [-0.2, -0.15) is 5.26 Å². The van der Waals surface area contributed by atoms with Crippen molar-refractivity contribution in [1.82, 2.24) is 24.2 Å². The number of hydrogen-bond donors (Lipinski definition) is 1. The summed E-state index contributed by atoms with van der Waals surface area (Å²) in [5.74, 6) is 0.252. The summed E-state index contributed by atoms with van der Waals surface area (Å²) in [6.45, 7) is 5.40. The van der Waals surface area contributed by atoms with E-state index in [0.29, 0.717) is 16.8 Å². The molecule has 0 aliphatic heterocycles. The zero-order valence-electron chi connectivity index (χ0n) is 16.1. The summed E-state index contributed by atoms with van der Waals surface area (Å²) in [6.07, 6.45) is 9.93. The Morgan fingerprint density at radius 2 is 1.86 bits per heavy atom. The van der Waals surface area contributed by atoms with Crippen molar-refractivity contribution in [3.8, 4) is 17.6 Å². The highest BCUT2D eigenvalue weighted by molar-refractivity contribution is 7.89. The minimum Gasteiger partial charge on any atom is -0.304 e. The average Bonchev–Trinajstić information content (AvgIpc) is 2.93. The number of hydrogen-bond acceptors (Lipinski definition) is 6. The molecule has 3 heterocycles. The lowest BCUT2D eigenvalue weighted by Crippen LogP contribution is -2.30. The van der Waals surface area contributed by atoms with Gasteiger partial charge in [-0.05, 0) is 44.6 Å². The van der Waals surface area contributed by atoms with Gasteiger partial charge in [0.05, 0.1) is 17.9 Å². The predicted octanol–water partition coefficient (Wildman–Crippen LogP) is 2.77. The van der Waals surface area contributed by atoms with Crippen LogP contribution in [0.15, 0.2) is 47.8 Å². The van der Waals surface area contributed by atoms with Crippen molar-refractivity contribution in [3.63, 3.8) is 0 Å². The summed E-state index contributed by atoms with van der Waals surface area (Å²) in [5.41, 5.74) is 3.98. The van der Waals surface area contributed by atoms with Crippen LogP contribution in [-0.2, 0) is 10.0 Å². The zero-order chi connectivity index (χ0) is 20.8. The van der Waals surface area contributed by atoms with Crippen molar-refractivity contribution in [2.24, 2.45) is 0 Å². The number of sulfonamides is 1. The summed E-state index contributed by atoms with van der Waals surface area (Å²) < 4.78 is 29.1. The van der Waals surface area contributed by atoms with Gasteiger partial charge in [0, 0.05) is 17.9 Å². The maximum absolute atomic E-state index is 12.3. The Morgan fingerprint density at radius 3 is 2.41 bits per heavy atom. The number of allylic oxidation sites excluding steroid dienone is 4. The Bertz CT molecular complexity index is 1330. The van der Waals surface area contributed by atoms with Crippen LogP contribution in [0, 0.1) is 18.3 Å².